The molecule has 1 atom stereocenters. The summed E-state index contributed by atoms with van der Waals surface area (Å²) in [4.78, 5) is 29.4. The number of aromatic nitrogens is 2. The van der Waals surface area contributed by atoms with Gasteiger partial charge in [-0.2, -0.15) is 5.10 Å². The van der Waals surface area contributed by atoms with E-state index in [0.717, 1.165) is 26.1 Å². The first kappa shape index (κ1) is 21.5. The van der Waals surface area contributed by atoms with E-state index in [1.165, 1.54) is 44.6 Å². The van der Waals surface area contributed by atoms with Gasteiger partial charge in [0.1, 0.15) is 12.4 Å². The Hall–Kier alpha value is -2.74. The highest BCUT2D eigenvalue weighted by Gasteiger charge is 2.26. The fraction of sp³-hybridized carbons (Fsp3) is 0.522. The van der Waals surface area contributed by atoms with Crippen LogP contribution >= 0.6 is 0 Å². The molecule has 2 aliphatic rings. The van der Waals surface area contributed by atoms with Gasteiger partial charge in [0.05, 0.1) is 18.3 Å². The van der Waals surface area contributed by atoms with Crippen LogP contribution in [0.4, 0.5) is 10.1 Å². The van der Waals surface area contributed by atoms with Crippen LogP contribution in [0.1, 0.15) is 31.2 Å². The van der Waals surface area contributed by atoms with Gasteiger partial charge in [-0.1, -0.05) is 18.2 Å². The summed E-state index contributed by atoms with van der Waals surface area (Å²) >= 11 is 0. The van der Waals surface area contributed by atoms with Crippen molar-refractivity contribution in [1.29, 1.82) is 0 Å². The molecule has 7 nitrogen and oxygen atoms in total. The quantitative estimate of drug-likeness (QED) is 0.737. The van der Waals surface area contributed by atoms with Crippen molar-refractivity contribution in [3.8, 4) is 0 Å². The van der Waals surface area contributed by atoms with Gasteiger partial charge in [-0.15, -0.1) is 0 Å². The van der Waals surface area contributed by atoms with Gasteiger partial charge in [0.25, 0.3) is 0 Å². The van der Waals surface area contributed by atoms with Gasteiger partial charge in [-0.05, 0) is 56.3 Å². The van der Waals surface area contributed by atoms with Crippen LogP contribution in [-0.2, 0) is 22.6 Å². The van der Waals surface area contributed by atoms with Gasteiger partial charge in [0, 0.05) is 25.8 Å². The summed E-state index contributed by atoms with van der Waals surface area (Å²) in [6, 6.07) is 6.22. The van der Waals surface area contributed by atoms with Crippen LogP contribution in [0, 0.1) is 11.7 Å². The first-order chi connectivity index (χ1) is 15.1. The lowest BCUT2D eigenvalue weighted by molar-refractivity contribution is -0.134. The molecule has 2 amide bonds. The second-order valence-corrected chi connectivity index (χ2v) is 8.60. The SMILES string of the molecule is O=C(Cc1ccccc1F)Nc1cnn(CC(=O)N2CCC[C@@H](CN3CCCC3)C2)c1. The largest absolute Gasteiger partial charge is 0.341 e. The Labute approximate surface area is 182 Å². The van der Waals surface area contributed by atoms with Crippen LogP contribution in [0.5, 0.6) is 0 Å². The molecule has 2 fully saturated rings. The van der Waals surface area contributed by atoms with E-state index in [9.17, 15) is 14.0 Å². The summed E-state index contributed by atoms with van der Waals surface area (Å²) in [5.41, 5.74) is 0.843. The number of benzene rings is 1. The highest BCUT2D eigenvalue weighted by molar-refractivity contribution is 5.92. The number of halogens is 1. The van der Waals surface area contributed by atoms with E-state index in [4.69, 9.17) is 0 Å². The van der Waals surface area contributed by atoms with Crippen molar-refractivity contribution in [2.45, 2.75) is 38.6 Å². The highest BCUT2D eigenvalue weighted by Crippen LogP contribution is 2.20. The minimum Gasteiger partial charge on any atom is -0.341 e. The molecule has 2 aliphatic heterocycles. The summed E-state index contributed by atoms with van der Waals surface area (Å²) in [5.74, 6) is -0.125. The van der Waals surface area contributed by atoms with Gasteiger partial charge in [-0.25, -0.2) is 4.39 Å². The Kier molecular flexibility index (Phi) is 6.96. The normalized spacial score (nSPS) is 19.5. The van der Waals surface area contributed by atoms with Crippen LogP contribution in [-0.4, -0.2) is 64.1 Å². The van der Waals surface area contributed by atoms with Gasteiger partial charge in [0.15, 0.2) is 0 Å². The third-order valence-corrected chi connectivity index (χ3v) is 6.11. The van der Waals surface area contributed by atoms with Crippen LogP contribution in [0.15, 0.2) is 36.7 Å². The lowest BCUT2D eigenvalue weighted by atomic mass is 9.97. The molecule has 2 saturated heterocycles. The molecule has 3 heterocycles. The van der Waals surface area contributed by atoms with E-state index < -0.39 is 5.82 Å². The van der Waals surface area contributed by atoms with Crippen molar-refractivity contribution in [2.75, 3.05) is 38.0 Å². The van der Waals surface area contributed by atoms with E-state index in [1.54, 1.807) is 29.1 Å². The minimum absolute atomic E-state index is 0.0526. The zero-order chi connectivity index (χ0) is 21.6. The zero-order valence-electron chi connectivity index (χ0n) is 17.8. The molecule has 0 radical (unpaired) electrons. The monoisotopic (exact) mass is 427 g/mol. The van der Waals surface area contributed by atoms with Crippen molar-refractivity contribution >= 4 is 17.5 Å². The first-order valence-electron chi connectivity index (χ1n) is 11.1. The number of amides is 2. The topological polar surface area (TPSA) is 70.5 Å². The minimum atomic E-state index is -0.400. The third kappa shape index (κ3) is 5.91. The lowest BCUT2D eigenvalue weighted by Crippen LogP contribution is -2.44. The molecular formula is C23H30FN5O2. The molecule has 2 aromatic rings. The van der Waals surface area contributed by atoms with Crippen LogP contribution in [0.3, 0.4) is 0 Å². The molecule has 0 spiro atoms. The molecule has 0 unspecified atom stereocenters. The lowest BCUT2D eigenvalue weighted by Gasteiger charge is -2.34. The fourth-order valence-corrected chi connectivity index (χ4v) is 4.54. The number of nitrogens with one attached hydrogen (secondary N) is 1. The summed E-state index contributed by atoms with van der Waals surface area (Å²) in [7, 11) is 0. The molecule has 166 valence electrons. The molecule has 0 saturated carbocycles. The van der Waals surface area contributed by atoms with E-state index in [-0.39, 0.29) is 24.8 Å². The van der Waals surface area contributed by atoms with Crippen molar-refractivity contribution in [2.24, 2.45) is 5.92 Å². The van der Waals surface area contributed by atoms with Crippen molar-refractivity contribution < 1.29 is 14.0 Å². The second-order valence-electron chi connectivity index (χ2n) is 8.60. The third-order valence-electron chi connectivity index (χ3n) is 6.11. The summed E-state index contributed by atoms with van der Waals surface area (Å²) in [6.45, 7) is 5.21. The number of hydrogen-bond acceptors (Lipinski definition) is 4. The maximum atomic E-state index is 13.7. The van der Waals surface area contributed by atoms with E-state index in [2.05, 4.69) is 15.3 Å². The number of piperidine rings is 1. The smallest absolute Gasteiger partial charge is 0.244 e. The number of carbonyl (C=O) groups excluding carboxylic acids is 2. The molecule has 1 aromatic carbocycles. The maximum Gasteiger partial charge on any atom is 0.244 e. The zero-order valence-corrected chi connectivity index (χ0v) is 17.8. The number of carbonyl (C=O) groups is 2. The average Bonchev–Trinajstić information content (AvgIpc) is 3.42. The molecule has 31 heavy (non-hydrogen) atoms. The van der Waals surface area contributed by atoms with Crippen molar-refractivity contribution in [3.63, 3.8) is 0 Å². The van der Waals surface area contributed by atoms with Crippen molar-refractivity contribution in [1.82, 2.24) is 19.6 Å². The van der Waals surface area contributed by atoms with Gasteiger partial charge >= 0.3 is 0 Å². The van der Waals surface area contributed by atoms with Crippen LogP contribution in [0.2, 0.25) is 0 Å². The first-order valence-corrected chi connectivity index (χ1v) is 11.1. The van der Waals surface area contributed by atoms with E-state index in [0.29, 0.717) is 17.2 Å². The Morgan fingerprint density at radius 3 is 2.74 bits per heavy atom. The molecule has 0 bridgehead atoms. The molecular weight excluding hydrogens is 397 g/mol. The van der Waals surface area contributed by atoms with Crippen LogP contribution in [0.25, 0.3) is 0 Å². The maximum absolute atomic E-state index is 13.7. The average molecular weight is 428 g/mol. The van der Waals surface area contributed by atoms with Gasteiger partial charge in [-0.3, -0.25) is 14.3 Å². The molecule has 8 heteroatoms. The van der Waals surface area contributed by atoms with Crippen molar-refractivity contribution in [3.05, 3.63) is 48.0 Å². The van der Waals surface area contributed by atoms with E-state index in [1.807, 2.05) is 4.90 Å². The fourth-order valence-electron chi connectivity index (χ4n) is 4.54. The molecule has 1 aromatic heterocycles. The molecule has 4 rings (SSSR count). The number of anilines is 1. The van der Waals surface area contributed by atoms with E-state index >= 15 is 0 Å². The predicted octanol–water partition coefficient (Wildman–Crippen LogP) is 2.54. The Morgan fingerprint density at radius 1 is 1.13 bits per heavy atom. The number of rotatable bonds is 7. The summed E-state index contributed by atoms with van der Waals surface area (Å²) in [5, 5.41) is 6.92. The molecule has 1 N–H and O–H groups in total. The number of hydrogen-bond donors (Lipinski definition) is 1. The number of nitrogens with zero attached hydrogens (tertiary/aromatic N) is 4. The summed E-state index contributed by atoms with van der Waals surface area (Å²) in [6.07, 6.45) is 7.90. The second kappa shape index (κ2) is 10.0. The van der Waals surface area contributed by atoms with Gasteiger partial charge in [0.2, 0.25) is 11.8 Å². The Morgan fingerprint density at radius 2 is 1.94 bits per heavy atom. The number of likely N-dealkylation sites (tertiary alicyclic amines) is 2. The molecule has 0 aliphatic carbocycles. The Balaban J connectivity index is 1.26. The summed E-state index contributed by atoms with van der Waals surface area (Å²) < 4.78 is 15.3. The van der Waals surface area contributed by atoms with Crippen LogP contribution < -0.4 is 5.32 Å². The predicted molar refractivity (Wildman–Crippen MR) is 116 cm³/mol. The van der Waals surface area contributed by atoms with Gasteiger partial charge < -0.3 is 15.1 Å². The standard InChI is InChI=1S/C23H30FN5O2/c24-21-8-2-1-7-19(21)12-22(30)26-20-13-25-29(16-20)17-23(31)28-11-5-6-18(15-28)14-27-9-3-4-10-27/h1-2,7-8,13,16,18H,3-6,9-12,14-15,17H2,(H,26,30)/t18-/m0/s1. The Bertz CT molecular complexity index is 909. The highest BCUT2D eigenvalue weighted by atomic mass is 19.1.